The number of halogens is 1. The molecule has 1 N–H and O–H groups in total. The molecule has 0 aromatic rings. The van der Waals surface area contributed by atoms with Gasteiger partial charge in [0.1, 0.15) is 0 Å². The molecule has 0 spiro atoms. The Hall–Kier alpha value is 0.250. The minimum absolute atomic E-state index is 0.112. The third kappa shape index (κ3) is 12.2. The average molecular weight is 221 g/mol. The largest absolute Gasteiger partial charge is 0.393 e. The van der Waals surface area contributed by atoms with E-state index in [9.17, 15) is 0 Å². The molecule has 0 fully saturated rings. The van der Waals surface area contributed by atoms with E-state index < -0.39 is 0 Å². The van der Waals surface area contributed by atoms with Crippen LogP contribution in [-0.4, -0.2) is 17.1 Å². The van der Waals surface area contributed by atoms with Crippen molar-refractivity contribution >= 4 is 11.6 Å². The molecule has 2 heteroatoms. The molecule has 0 aromatic heterocycles. The second-order valence-corrected chi connectivity index (χ2v) is 4.53. The van der Waals surface area contributed by atoms with Gasteiger partial charge in [-0.3, -0.25) is 0 Å². The van der Waals surface area contributed by atoms with E-state index in [-0.39, 0.29) is 6.10 Å². The van der Waals surface area contributed by atoms with Gasteiger partial charge in [-0.15, -0.1) is 11.6 Å². The molecule has 0 bridgehead atoms. The smallest absolute Gasteiger partial charge is 0.0512 e. The molecule has 1 unspecified atom stereocenters. The highest BCUT2D eigenvalue weighted by molar-refractivity contribution is 6.17. The second-order valence-electron chi connectivity index (χ2n) is 4.16. The zero-order valence-corrected chi connectivity index (χ0v) is 10.2. The molecule has 0 heterocycles. The fourth-order valence-corrected chi connectivity index (χ4v) is 1.78. The fraction of sp³-hybridized carbons (Fsp3) is 1.00. The first kappa shape index (κ1) is 14.2. The van der Waals surface area contributed by atoms with Crippen molar-refractivity contribution in [2.45, 2.75) is 70.8 Å². The van der Waals surface area contributed by atoms with Crippen LogP contribution in [0.15, 0.2) is 0 Å². The molecule has 86 valence electrons. The molecule has 0 aliphatic carbocycles. The molecule has 0 saturated heterocycles. The Kier molecular flexibility index (Phi) is 11.5. The predicted molar refractivity (Wildman–Crippen MR) is 64.0 cm³/mol. The summed E-state index contributed by atoms with van der Waals surface area (Å²) >= 11 is 5.59. The number of unbranched alkanes of at least 4 members (excludes halogenated alkanes) is 7. The molecule has 0 amide bonds. The number of hydrogen-bond acceptors (Lipinski definition) is 1. The van der Waals surface area contributed by atoms with Gasteiger partial charge < -0.3 is 5.11 Å². The van der Waals surface area contributed by atoms with Gasteiger partial charge >= 0.3 is 0 Å². The van der Waals surface area contributed by atoms with Gasteiger partial charge in [0.2, 0.25) is 0 Å². The van der Waals surface area contributed by atoms with E-state index in [4.69, 9.17) is 16.7 Å². The first-order valence-electron chi connectivity index (χ1n) is 6.01. The zero-order chi connectivity index (χ0) is 10.6. The van der Waals surface area contributed by atoms with Crippen LogP contribution in [0.3, 0.4) is 0 Å². The van der Waals surface area contributed by atoms with Crippen LogP contribution in [0.25, 0.3) is 0 Å². The van der Waals surface area contributed by atoms with Gasteiger partial charge in [-0.1, -0.05) is 44.9 Å². The molecule has 0 rings (SSSR count). The van der Waals surface area contributed by atoms with Crippen LogP contribution in [0.2, 0.25) is 0 Å². The maximum Gasteiger partial charge on any atom is 0.0512 e. The number of aliphatic hydroxyl groups is 1. The number of hydrogen-bond donors (Lipinski definition) is 1. The van der Waals surface area contributed by atoms with Gasteiger partial charge in [-0.25, -0.2) is 0 Å². The van der Waals surface area contributed by atoms with E-state index in [1.807, 2.05) is 6.92 Å². The normalized spacial score (nSPS) is 13.1. The minimum Gasteiger partial charge on any atom is -0.393 e. The third-order valence-electron chi connectivity index (χ3n) is 2.51. The van der Waals surface area contributed by atoms with Crippen LogP contribution in [0.4, 0.5) is 0 Å². The van der Waals surface area contributed by atoms with Crippen LogP contribution in [0.5, 0.6) is 0 Å². The maximum atomic E-state index is 9.04. The molecular formula is C12H25ClO. The van der Waals surface area contributed by atoms with Gasteiger partial charge in [0.15, 0.2) is 0 Å². The molecule has 0 saturated carbocycles. The summed E-state index contributed by atoms with van der Waals surface area (Å²) in [7, 11) is 0. The maximum absolute atomic E-state index is 9.04. The van der Waals surface area contributed by atoms with Crippen molar-refractivity contribution in [3.05, 3.63) is 0 Å². The van der Waals surface area contributed by atoms with E-state index in [2.05, 4.69) is 0 Å². The molecule has 0 aliphatic rings. The van der Waals surface area contributed by atoms with Gasteiger partial charge in [0, 0.05) is 5.88 Å². The zero-order valence-electron chi connectivity index (χ0n) is 9.47. The van der Waals surface area contributed by atoms with E-state index >= 15 is 0 Å². The number of rotatable bonds is 10. The molecule has 0 radical (unpaired) electrons. The topological polar surface area (TPSA) is 20.2 Å². The molecule has 0 aromatic carbocycles. The lowest BCUT2D eigenvalue weighted by molar-refractivity contribution is 0.180. The Bertz CT molecular complexity index is 104. The van der Waals surface area contributed by atoms with Crippen molar-refractivity contribution in [2.75, 3.05) is 5.88 Å². The Morgan fingerprint density at radius 3 is 1.71 bits per heavy atom. The summed E-state index contributed by atoms with van der Waals surface area (Å²) in [4.78, 5) is 0. The Balaban J connectivity index is 2.85. The first-order valence-corrected chi connectivity index (χ1v) is 6.55. The molecule has 1 nitrogen and oxygen atoms in total. The summed E-state index contributed by atoms with van der Waals surface area (Å²) < 4.78 is 0. The standard InChI is InChI=1S/C12H25ClO/c1-12(14)10-8-6-4-2-3-5-7-9-11-13/h12,14H,2-11H2,1H3. The average Bonchev–Trinajstić information content (AvgIpc) is 2.15. The van der Waals surface area contributed by atoms with Gasteiger partial charge in [-0.2, -0.15) is 0 Å². The fourth-order valence-electron chi connectivity index (χ4n) is 1.59. The van der Waals surface area contributed by atoms with E-state index in [0.29, 0.717) is 0 Å². The van der Waals surface area contributed by atoms with Crippen molar-refractivity contribution in [2.24, 2.45) is 0 Å². The van der Waals surface area contributed by atoms with E-state index in [0.717, 1.165) is 12.3 Å². The SMILES string of the molecule is CC(O)CCCCCCCCCCCl. The highest BCUT2D eigenvalue weighted by atomic mass is 35.5. The Morgan fingerprint density at radius 2 is 1.29 bits per heavy atom. The van der Waals surface area contributed by atoms with Crippen LogP contribution >= 0.6 is 11.6 Å². The lowest BCUT2D eigenvalue weighted by Gasteiger charge is -2.03. The summed E-state index contributed by atoms with van der Waals surface area (Å²) in [6, 6.07) is 0. The number of alkyl halides is 1. The molecular weight excluding hydrogens is 196 g/mol. The monoisotopic (exact) mass is 220 g/mol. The van der Waals surface area contributed by atoms with Crippen molar-refractivity contribution in [1.82, 2.24) is 0 Å². The molecule has 0 aliphatic heterocycles. The van der Waals surface area contributed by atoms with Crippen molar-refractivity contribution in [3.8, 4) is 0 Å². The highest BCUT2D eigenvalue weighted by Crippen LogP contribution is 2.10. The van der Waals surface area contributed by atoms with Crippen molar-refractivity contribution < 1.29 is 5.11 Å². The van der Waals surface area contributed by atoms with Gasteiger partial charge in [0.25, 0.3) is 0 Å². The van der Waals surface area contributed by atoms with Crippen molar-refractivity contribution in [3.63, 3.8) is 0 Å². The summed E-state index contributed by atoms with van der Waals surface area (Å²) in [6.45, 7) is 1.87. The second kappa shape index (κ2) is 11.3. The quantitative estimate of drug-likeness (QED) is 0.434. The van der Waals surface area contributed by atoms with Crippen LogP contribution in [0.1, 0.15) is 64.7 Å². The summed E-state index contributed by atoms with van der Waals surface area (Å²) in [5.74, 6) is 0.814. The minimum atomic E-state index is -0.112. The number of aliphatic hydroxyl groups excluding tert-OH is 1. The van der Waals surface area contributed by atoms with Gasteiger partial charge in [0.05, 0.1) is 6.10 Å². The van der Waals surface area contributed by atoms with Crippen LogP contribution in [-0.2, 0) is 0 Å². The lowest BCUT2D eigenvalue weighted by atomic mass is 10.1. The van der Waals surface area contributed by atoms with E-state index in [1.54, 1.807) is 0 Å². The first-order chi connectivity index (χ1) is 6.77. The Labute approximate surface area is 93.9 Å². The summed E-state index contributed by atoms with van der Waals surface area (Å²) in [5, 5.41) is 9.04. The highest BCUT2D eigenvalue weighted by Gasteiger charge is 1.95. The summed E-state index contributed by atoms with van der Waals surface area (Å²) in [6.07, 6.45) is 11.1. The predicted octanol–water partition coefficient (Wildman–Crippen LogP) is 4.12. The van der Waals surface area contributed by atoms with E-state index in [1.165, 1.54) is 51.4 Å². The molecule has 1 atom stereocenters. The third-order valence-corrected chi connectivity index (χ3v) is 2.77. The van der Waals surface area contributed by atoms with Crippen molar-refractivity contribution in [1.29, 1.82) is 0 Å². The van der Waals surface area contributed by atoms with Crippen LogP contribution < -0.4 is 0 Å². The Morgan fingerprint density at radius 1 is 0.857 bits per heavy atom. The van der Waals surface area contributed by atoms with Gasteiger partial charge in [-0.05, 0) is 19.8 Å². The summed E-state index contributed by atoms with van der Waals surface area (Å²) in [5.41, 5.74) is 0. The van der Waals surface area contributed by atoms with Crippen LogP contribution in [0, 0.1) is 0 Å². The lowest BCUT2D eigenvalue weighted by Crippen LogP contribution is -1.98. The molecule has 14 heavy (non-hydrogen) atoms.